The average Bonchev–Trinajstić information content (AvgIpc) is 2.34. The van der Waals surface area contributed by atoms with Gasteiger partial charge in [0.2, 0.25) is 0 Å². The van der Waals surface area contributed by atoms with Gasteiger partial charge in [-0.05, 0) is 30.7 Å². The van der Waals surface area contributed by atoms with Crippen molar-refractivity contribution in [3.05, 3.63) is 35.9 Å². The lowest BCUT2D eigenvalue weighted by molar-refractivity contribution is -0.134. The molecule has 0 saturated carbocycles. The summed E-state index contributed by atoms with van der Waals surface area (Å²) in [5.41, 5.74) is 1.39. The first-order valence-electron chi connectivity index (χ1n) is 7.09. The molecule has 0 aliphatic rings. The second-order valence-corrected chi connectivity index (χ2v) is 5.27. The summed E-state index contributed by atoms with van der Waals surface area (Å²) >= 11 is 0. The molecule has 0 amide bonds. The van der Waals surface area contributed by atoms with Crippen LogP contribution in [-0.4, -0.2) is 34.4 Å². The van der Waals surface area contributed by atoms with E-state index in [0.717, 1.165) is 39.3 Å². The molecular weight excluding hydrogens is 254 g/mol. The number of hydrogen-bond donors (Lipinski definition) is 2. The number of nitrogens with zero attached hydrogens (tertiary/aromatic N) is 1. The fourth-order valence-electron chi connectivity index (χ4n) is 1.78. The van der Waals surface area contributed by atoms with Gasteiger partial charge in [0.15, 0.2) is 0 Å². The Morgan fingerprint density at radius 3 is 2.25 bits per heavy atom. The molecule has 0 bridgehead atoms. The number of benzene rings is 1. The van der Waals surface area contributed by atoms with Crippen molar-refractivity contribution in [1.82, 2.24) is 5.06 Å². The van der Waals surface area contributed by atoms with E-state index in [1.165, 1.54) is 10.6 Å². The van der Waals surface area contributed by atoms with Crippen LogP contribution in [-0.2, 0) is 11.2 Å². The number of carbonyl (C=O) groups is 1. The van der Waals surface area contributed by atoms with Gasteiger partial charge in [0.25, 0.3) is 5.97 Å². The third kappa shape index (κ3) is 13.1. The number of carboxylic acid groups (broad SMARTS) is 1. The Labute approximate surface area is 122 Å². The predicted molar refractivity (Wildman–Crippen MR) is 80.9 cm³/mol. The largest absolute Gasteiger partial charge is 0.481 e. The summed E-state index contributed by atoms with van der Waals surface area (Å²) in [4.78, 5) is 9.00. The summed E-state index contributed by atoms with van der Waals surface area (Å²) in [7, 11) is 0. The van der Waals surface area contributed by atoms with Gasteiger partial charge < -0.3 is 10.3 Å². The van der Waals surface area contributed by atoms with Crippen molar-refractivity contribution in [2.75, 3.05) is 13.1 Å². The lowest BCUT2D eigenvalue weighted by atomic mass is 10.1. The minimum Gasteiger partial charge on any atom is -0.481 e. The Bertz CT molecular complexity index is 348. The third-order valence-corrected chi connectivity index (χ3v) is 2.55. The molecule has 0 aliphatic carbocycles. The number of rotatable bonds is 7. The first kappa shape index (κ1) is 18.6. The Morgan fingerprint density at radius 1 is 1.20 bits per heavy atom. The van der Waals surface area contributed by atoms with Crippen LogP contribution in [0.15, 0.2) is 30.3 Å². The standard InChI is InChI=1S/C14H23NO.C2H4O2/c1-13(2)12-15(16)11-7-6-10-14-8-4-3-5-9-14;1-2(3)4/h3-5,8-9,13,16H,6-7,10-12H2,1-2H3;1H3,(H,3,4). The highest BCUT2D eigenvalue weighted by Crippen LogP contribution is 2.05. The molecule has 0 aliphatic heterocycles. The van der Waals surface area contributed by atoms with Gasteiger partial charge in [0.05, 0.1) is 0 Å². The van der Waals surface area contributed by atoms with Gasteiger partial charge in [-0.1, -0.05) is 44.2 Å². The Balaban J connectivity index is 0.000000796. The number of hydrogen-bond acceptors (Lipinski definition) is 3. The van der Waals surface area contributed by atoms with Crippen LogP contribution in [0.3, 0.4) is 0 Å². The van der Waals surface area contributed by atoms with Crippen LogP contribution >= 0.6 is 0 Å². The molecule has 20 heavy (non-hydrogen) atoms. The highest BCUT2D eigenvalue weighted by molar-refractivity contribution is 5.62. The van der Waals surface area contributed by atoms with E-state index in [-0.39, 0.29) is 0 Å². The van der Waals surface area contributed by atoms with Gasteiger partial charge in [0, 0.05) is 20.0 Å². The van der Waals surface area contributed by atoms with E-state index in [2.05, 4.69) is 38.1 Å². The molecule has 4 heteroatoms. The number of hydroxylamine groups is 2. The topological polar surface area (TPSA) is 60.8 Å². The maximum absolute atomic E-state index is 9.55. The minimum atomic E-state index is -0.833. The molecule has 1 aromatic carbocycles. The molecule has 0 radical (unpaired) electrons. The lowest BCUT2D eigenvalue weighted by Gasteiger charge is -2.16. The van der Waals surface area contributed by atoms with E-state index in [0.29, 0.717) is 5.92 Å². The van der Waals surface area contributed by atoms with E-state index in [9.17, 15) is 5.21 Å². The van der Waals surface area contributed by atoms with E-state index >= 15 is 0 Å². The molecule has 0 fully saturated rings. The number of carboxylic acids is 1. The van der Waals surface area contributed by atoms with Crippen molar-refractivity contribution in [3.63, 3.8) is 0 Å². The normalized spacial score (nSPS) is 10.3. The van der Waals surface area contributed by atoms with Gasteiger partial charge in [-0.25, -0.2) is 0 Å². The molecule has 0 heterocycles. The molecule has 114 valence electrons. The van der Waals surface area contributed by atoms with Gasteiger partial charge in [-0.2, -0.15) is 5.06 Å². The monoisotopic (exact) mass is 281 g/mol. The van der Waals surface area contributed by atoms with Crippen LogP contribution in [0, 0.1) is 5.92 Å². The van der Waals surface area contributed by atoms with Gasteiger partial charge >= 0.3 is 0 Å². The Kier molecular flexibility index (Phi) is 10.6. The molecular formula is C16H27NO3. The zero-order chi connectivity index (χ0) is 15.4. The maximum atomic E-state index is 9.55. The molecule has 0 unspecified atom stereocenters. The molecule has 2 N–H and O–H groups in total. The summed E-state index contributed by atoms with van der Waals surface area (Å²) in [5, 5.41) is 18.4. The van der Waals surface area contributed by atoms with E-state index in [1.54, 1.807) is 0 Å². The molecule has 0 atom stereocenters. The summed E-state index contributed by atoms with van der Waals surface area (Å²) in [6.45, 7) is 6.87. The second kappa shape index (κ2) is 11.4. The van der Waals surface area contributed by atoms with E-state index in [4.69, 9.17) is 9.90 Å². The summed E-state index contributed by atoms with van der Waals surface area (Å²) in [6.07, 6.45) is 3.30. The van der Waals surface area contributed by atoms with E-state index in [1.807, 2.05) is 6.07 Å². The van der Waals surface area contributed by atoms with Crippen molar-refractivity contribution in [3.8, 4) is 0 Å². The van der Waals surface area contributed by atoms with Crippen molar-refractivity contribution >= 4 is 5.97 Å². The molecule has 0 aromatic heterocycles. The molecule has 1 rings (SSSR count). The van der Waals surface area contributed by atoms with Crippen molar-refractivity contribution < 1.29 is 15.1 Å². The average molecular weight is 281 g/mol. The first-order valence-corrected chi connectivity index (χ1v) is 7.09. The van der Waals surface area contributed by atoms with Crippen LogP contribution < -0.4 is 0 Å². The molecule has 4 nitrogen and oxygen atoms in total. The second-order valence-electron chi connectivity index (χ2n) is 5.27. The number of unbranched alkanes of at least 4 members (excludes halogenated alkanes) is 1. The quantitative estimate of drug-likeness (QED) is 0.593. The van der Waals surface area contributed by atoms with Crippen molar-refractivity contribution in [2.24, 2.45) is 5.92 Å². The lowest BCUT2D eigenvalue weighted by Crippen LogP contribution is -2.25. The van der Waals surface area contributed by atoms with Crippen LogP contribution in [0.1, 0.15) is 39.2 Å². The fourth-order valence-corrected chi connectivity index (χ4v) is 1.78. The zero-order valence-corrected chi connectivity index (χ0v) is 12.7. The third-order valence-electron chi connectivity index (χ3n) is 2.55. The van der Waals surface area contributed by atoms with Gasteiger partial charge in [-0.15, -0.1) is 0 Å². The fraction of sp³-hybridized carbons (Fsp3) is 0.562. The van der Waals surface area contributed by atoms with Crippen molar-refractivity contribution in [1.29, 1.82) is 0 Å². The van der Waals surface area contributed by atoms with Crippen LogP contribution in [0.2, 0.25) is 0 Å². The molecule has 0 spiro atoms. The summed E-state index contributed by atoms with van der Waals surface area (Å²) < 4.78 is 0. The predicted octanol–water partition coefficient (Wildman–Crippen LogP) is 3.45. The Hall–Kier alpha value is -1.39. The van der Waals surface area contributed by atoms with Crippen molar-refractivity contribution in [2.45, 2.75) is 40.0 Å². The smallest absolute Gasteiger partial charge is 0.300 e. The zero-order valence-electron chi connectivity index (χ0n) is 12.7. The molecule has 1 aromatic rings. The highest BCUT2D eigenvalue weighted by Gasteiger charge is 2.02. The SMILES string of the molecule is CC(=O)O.CC(C)CN(O)CCCCc1ccccc1. The van der Waals surface area contributed by atoms with Crippen LogP contribution in [0.25, 0.3) is 0 Å². The summed E-state index contributed by atoms with van der Waals surface area (Å²) in [5.74, 6) is -0.306. The van der Waals surface area contributed by atoms with Crippen LogP contribution in [0.5, 0.6) is 0 Å². The number of aliphatic carboxylic acids is 1. The highest BCUT2D eigenvalue weighted by atomic mass is 16.5. The molecule has 0 saturated heterocycles. The first-order chi connectivity index (χ1) is 9.41. The van der Waals surface area contributed by atoms with E-state index < -0.39 is 5.97 Å². The minimum absolute atomic E-state index is 0.527. The number of aryl methyl sites for hydroxylation is 1. The van der Waals surface area contributed by atoms with Crippen LogP contribution in [0.4, 0.5) is 0 Å². The van der Waals surface area contributed by atoms with Gasteiger partial charge in [-0.3, -0.25) is 4.79 Å². The maximum Gasteiger partial charge on any atom is 0.300 e. The Morgan fingerprint density at radius 2 is 1.75 bits per heavy atom. The summed E-state index contributed by atoms with van der Waals surface area (Å²) in [6, 6.07) is 10.5. The van der Waals surface area contributed by atoms with Gasteiger partial charge in [0.1, 0.15) is 0 Å².